The van der Waals surface area contributed by atoms with Gasteiger partial charge >= 0.3 is 0 Å². The van der Waals surface area contributed by atoms with Crippen molar-refractivity contribution in [2.75, 3.05) is 13.2 Å². The van der Waals surface area contributed by atoms with E-state index in [2.05, 4.69) is 42.2 Å². The normalized spacial score (nSPS) is 14.8. The number of aromatic nitrogens is 1. The third-order valence-electron chi connectivity index (χ3n) is 3.60. The SMILES string of the molecule is O=C(NC[C@H](O)[C@H](O)[C@H](O)CO)c1sc(-c2ccc(Cl)cc2)nc1C(Br)Br. The standard InChI is InChI=1S/C16H17Br2ClN2O5S/c17-14(18)11-13(15(26)20-5-9(23)12(25)10(24)6-22)27-16(21-11)7-1-3-8(19)4-2-7/h1-4,9-10,12,14,22-25H,5-6H2,(H,20,26)/t9-,10+,12-/m0/s1. The van der Waals surface area contributed by atoms with Crippen LogP contribution in [0.3, 0.4) is 0 Å². The number of hydrogen-bond donors (Lipinski definition) is 5. The quantitative estimate of drug-likeness (QED) is 0.324. The van der Waals surface area contributed by atoms with Crippen molar-refractivity contribution in [1.82, 2.24) is 10.3 Å². The van der Waals surface area contributed by atoms with E-state index in [1.807, 2.05) is 0 Å². The molecule has 1 aromatic heterocycles. The summed E-state index contributed by atoms with van der Waals surface area (Å²) in [7, 11) is 0. The molecule has 11 heteroatoms. The number of rotatable bonds is 8. The molecule has 0 fully saturated rings. The maximum absolute atomic E-state index is 12.5. The second-order valence-electron chi connectivity index (χ2n) is 5.56. The van der Waals surface area contributed by atoms with Crippen LogP contribution in [0.1, 0.15) is 19.1 Å². The molecule has 0 spiro atoms. The zero-order valence-electron chi connectivity index (χ0n) is 13.7. The van der Waals surface area contributed by atoms with E-state index in [9.17, 15) is 20.1 Å². The minimum absolute atomic E-state index is 0.306. The summed E-state index contributed by atoms with van der Waals surface area (Å²) in [5, 5.41) is 41.3. The second-order valence-corrected chi connectivity index (χ2v) is 10.1. The van der Waals surface area contributed by atoms with Gasteiger partial charge in [0.25, 0.3) is 5.91 Å². The molecular formula is C16H17Br2ClN2O5S. The number of aliphatic hydroxyl groups excluding tert-OH is 4. The Hall–Kier alpha value is -0.590. The zero-order valence-corrected chi connectivity index (χ0v) is 18.5. The number of alkyl halides is 2. The molecule has 27 heavy (non-hydrogen) atoms. The Morgan fingerprint density at radius 1 is 1.19 bits per heavy atom. The Labute approximate surface area is 181 Å². The van der Waals surface area contributed by atoms with Crippen molar-refractivity contribution < 1.29 is 25.2 Å². The first-order chi connectivity index (χ1) is 12.7. The molecule has 2 aromatic rings. The molecule has 0 bridgehead atoms. The molecule has 5 N–H and O–H groups in total. The maximum atomic E-state index is 12.5. The molecule has 0 unspecified atom stereocenters. The van der Waals surface area contributed by atoms with Gasteiger partial charge in [0, 0.05) is 17.1 Å². The van der Waals surface area contributed by atoms with Crippen LogP contribution in [0.5, 0.6) is 0 Å². The average Bonchev–Trinajstić information content (AvgIpc) is 3.10. The van der Waals surface area contributed by atoms with Gasteiger partial charge in [-0.25, -0.2) is 4.98 Å². The predicted molar refractivity (Wildman–Crippen MR) is 111 cm³/mol. The highest BCUT2D eigenvalue weighted by Crippen LogP contribution is 2.37. The van der Waals surface area contributed by atoms with Gasteiger partial charge in [0.05, 0.1) is 18.4 Å². The monoisotopic (exact) mass is 542 g/mol. The van der Waals surface area contributed by atoms with Gasteiger partial charge in [0.2, 0.25) is 0 Å². The molecule has 1 aromatic carbocycles. The number of nitrogens with one attached hydrogen (secondary N) is 1. The Kier molecular flexibility index (Phi) is 8.63. The van der Waals surface area contributed by atoms with Gasteiger partial charge in [-0.05, 0) is 12.1 Å². The van der Waals surface area contributed by atoms with E-state index >= 15 is 0 Å². The highest BCUT2D eigenvalue weighted by Gasteiger charge is 2.26. The molecule has 1 heterocycles. The number of carbonyl (C=O) groups excluding carboxylic acids is 1. The van der Waals surface area contributed by atoms with Gasteiger partial charge in [-0.1, -0.05) is 55.6 Å². The van der Waals surface area contributed by atoms with Crippen molar-refractivity contribution in [3.05, 3.63) is 39.9 Å². The van der Waals surface area contributed by atoms with E-state index < -0.39 is 30.8 Å². The fourth-order valence-electron chi connectivity index (χ4n) is 2.12. The van der Waals surface area contributed by atoms with Crippen LogP contribution >= 0.6 is 54.8 Å². The van der Waals surface area contributed by atoms with E-state index in [0.29, 0.717) is 20.6 Å². The number of halogens is 3. The van der Waals surface area contributed by atoms with Crippen molar-refractivity contribution in [2.45, 2.75) is 22.0 Å². The molecule has 148 valence electrons. The van der Waals surface area contributed by atoms with Gasteiger partial charge in [0.1, 0.15) is 25.8 Å². The highest BCUT2D eigenvalue weighted by atomic mass is 79.9. The van der Waals surface area contributed by atoms with E-state index in [4.69, 9.17) is 16.7 Å². The number of benzene rings is 1. The largest absolute Gasteiger partial charge is 0.394 e. The third-order valence-corrected chi connectivity index (χ3v) is 5.84. The molecule has 0 saturated heterocycles. The Morgan fingerprint density at radius 2 is 1.81 bits per heavy atom. The zero-order chi connectivity index (χ0) is 20.1. The van der Waals surface area contributed by atoms with Crippen LogP contribution in [0.2, 0.25) is 5.02 Å². The number of carbonyl (C=O) groups is 1. The summed E-state index contributed by atoms with van der Waals surface area (Å²) >= 11 is 13.7. The molecule has 0 aliphatic rings. The minimum atomic E-state index is -1.58. The summed E-state index contributed by atoms with van der Waals surface area (Å²) < 4.78 is -0.366. The molecule has 0 saturated carbocycles. The van der Waals surface area contributed by atoms with E-state index in [1.165, 1.54) is 11.3 Å². The Bertz CT molecular complexity index is 775. The lowest BCUT2D eigenvalue weighted by molar-refractivity contribution is -0.0743. The Morgan fingerprint density at radius 3 is 2.37 bits per heavy atom. The molecule has 1 amide bonds. The molecule has 0 radical (unpaired) electrons. The summed E-state index contributed by atoms with van der Waals surface area (Å²) in [6.45, 7) is -1.01. The van der Waals surface area contributed by atoms with Crippen molar-refractivity contribution in [3.8, 4) is 10.6 Å². The first-order valence-electron chi connectivity index (χ1n) is 7.72. The summed E-state index contributed by atoms with van der Waals surface area (Å²) in [5.41, 5.74) is 1.26. The van der Waals surface area contributed by atoms with Crippen LogP contribution in [0.4, 0.5) is 0 Å². The maximum Gasteiger partial charge on any atom is 0.263 e. The summed E-state index contributed by atoms with van der Waals surface area (Å²) in [6.07, 6.45) is -4.52. The van der Waals surface area contributed by atoms with Gasteiger partial charge in [-0.3, -0.25) is 4.79 Å². The molecule has 0 aliphatic heterocycles. The van der Waals surface area contributed by atoms with Gasteiger partial charge in [-0.15, -0.1) is 11.3 Å². The van der Waals surface area contributed by atoms with Crippen molar-refractivity contribution >= 4 is 60.7 Å². The van der Waals surface area contributed by atoms with Crippen LogP contribution in [0.15, 0.2) is 24.3 Å². The van der Waals surface area contributed by atoms with Crippen LogP contribution in [0, 0.1) is 0 Å². The van der Waals surface area contributed by atoms with Crippen LogP contribution in [-0.2, 0) is 0 Å². The van der Waals surface area contributed by atoms with E-state index in [0.717, 1.165) is 5.56 Å². The summed E-state index contributed by atoms with van der Waals surface area (Å²) in [5.74, 6) is -0.489. The lowest BCUT2D eigenvalue weighted by atomic mass is 10.1. The lowest BCUT2D eigenvalue weighted by Crippen LogP contribution is -2.45. The first kappa shape index (κ1) is 22.7. The molecule has 0 aliphatic carbocycles. The van der Waals surface area contributed by atoms with Gasteiger partial charge in [0.15, 0.2) is 0 Å². The number of aliphatic hydroxyl groups is 4. The smallest absolute Gasteiger partial charge is 0.263 e. The number of amides is 1. The lowest BCUT2D eigenvalue weighted by Gasteiger charge is -2.21. The predicted octanol–water partition coefficient (Wildman–Crippen LogP) is 2.06. The number of thiazole rings is 1. The number of hydrogen-bond acceptors (Lipinski definition) is 7. The fraction of sp³-hybridized carbons (Fsp3) is 0.375. The molecule has 7 nitrogen and oxygen atoms in total. The Balaban J connectivity index is 2.16. The van der Waals surface area contributed by atoms with Crippen molar-refractivity contribution in [3.63, 3.8) is 0 Å². The van der Waals surface area contributed by atoms with Crippen LogP contribution in [-0.4, -0.2) is 62.8 Å². The van der Waals surface area contributed by atoms with Crippen molar-refractivity contribution in [1.29, 1.82) is 0 Å². The van der Waals surface area contributed by atoms with E-state index in [1.54, 1.807) is 24.3 Å². The fourth-order valence-corrected chi connectivity index (χ4v) is 4.24. The molecular weight excluding hydrogens is 528 g/mol. The highest BCUT2D eigenvalue weighted by molar-refractivity contribution is 9.24. The van der Waals surface area contributed by atoms with Gasteiger partial charge in [-0.2, -0.15) is 0 Å². The van der Waals surface area contributed by atoms with Gasteiger partial charge < -0.3 is 25.7 Å². The third kappa shape index (κ3) is 5.94. The first-order valence-corrected chi connectivity index (χ1v) is 10.7. The van der Waals surface area contributed by atoms with Crippen LogP contribution < -0.4 is 5.32 Å². The minimum Gasteiger partial charge on any atom is -0.394 e. The topological polar surface area (TPSA) is 123 Å². The number of nitrogens with zero attached hydrogens (tertiary/aromatic N) is 1. The summed E-state index contributed by atoms with van der Waals surface area (Å²) in [4.78, 5) is 17.3. The molecule has 3 atom stereocenters. The summed E-state index contributed by atoms with van der Waals surface area (Å²) in [6, 6.07) is 7.03. The average molecular weight is 545 g/mol. The molecule has 2 rings (SSSR count). The second kappa shape index (κ2) is 10.3. The van der Waals surface area contributed by atoms with E-state index in [-0.39, 0.29) is 10.3 Å². The van der Waals surface area contributed by atoms with Crippen LogP contribution in [0.25, 0.3) is 10.6 Å². The van der Waals surface area contributed by atoms with Crippen molar-refractivity contribution in [2.24, 2.45) is 0 Å².